The Bertz CT molecular complexity index is 565. The van der Waals surface area contributed by atoms with Crippen molar-refractivity contribution in [2.24, 2.45) is 5.92 Å². The minimum Gasteiger partial charge on any atom is -0.369 e. The summed E-state index contributed by atoms with van der Waals surface area (Å²) in [6, 6.07) is 4.19. The third-order valence-electron chi connectivity index (χ3n) is 3.17. The van der Waals surface area contributed by atoms with Gasteiger partial charge in [0.1, 0.15) is 0 Å². The standard InChI is InChI=1S/C16H24N4S/c1-12(2)8-17-9-14-7-16(5-6-18-14)20(4)10-15-11-21-13(3)19-15/h5-7,11-12,17H,8-10H2,1-4H3. The van der Waals surface area contributed by atoms with Crippen LogP contribution >= 0.6 is 11.3 Å². The van der Waals surface area contributed by atoms with E-state index in [0.29, 0.717) is 5.92 Å². The molecule has 0 aliphatic rings. The summed E-state index contributed by atoms with van der Waals surface area (Å²) < 4.78 is 0. The van der Waals surface area contributed by atoms with E-state index in [1.54, 1.807) is 11.3 Å². The molecular formula is C16H24N4S. The lowest BCUT2D eigenvalue weighted by atomic mass is 10.2. The molecule has 0 amide bonds. The fourth-order valence-corrected chi connectivity index (χ4v) is 2.71. The summed E-state index contributed by atoms with van der Waals surface area (Å²) in [7, 11) is 2.09. The first-order valence-corrected chi connectivity index (χ1v) is 8.20. The highest BCUT2D eigenvalue weighted by molar-refractivity contribution is 7.09. The lowest BCUT2D eigenvalue weighted by molar-refractivity contribution is 0.548. The third kappa shape index (κ3) is 5.10. The van der Waals surface area contributed by atoms with Crippen LogP contribution in [0.25, 0.3) is 0 Å². The number of hydrogen-bond donors (Lipinski definition) is 1. The summed E-state index contributed by atoms with van der Waals surface area (Å²) in [6.07, 6.45) is 1.88. The normalized spacial score (nSPS) is 11.1. The van der Waals surface area contributed by atoms with Gasteiger partial charge in [0.05, 0.1) is 22.9 Å². The largest absolute Gasteiger partial charge is 0.369 e. The Morgan fingerprint density at radius 3 is 2.81 bits per heavy atom. The highest BCUT2D eigenvalue weighted by atomic mass is 32.1. The first kappa shape index (κ1) is 15.9. The maximum Gasteiger partial charge on any atom is 0.0898 e. The van der Waals surface area contributed by atoms with E-state index in [9.17, 15) is 0 Å². The molecule has 2 rings (SSSR count). The van der Waals surface area contributed by atoms with Crippen LogP contribution in [-0.2, 0) is 13.1 Å². The fraction of sp³-hybridized carbons (Fsp3) is 0.500. The molecule has 0 saturated carbocycles. The molecule has 0 radical (unpaired) electrons. The molecule has 0 unspecified atom stereocenters. The number of hydrogen-bond acceptors (Lipinski definition) is 5. The van der Waals surface area contributed by atoms with Crippen molar-refractivity contribution in [3.63, 3.8) is 0 Å². The van der Waals surface area contributed by atoms with Gasteiger partial charge >= 0.3 is 0 Å². The van der Waals surface area contributed by atoms with Gasteiger partial charge in [0, 0.05) is 30.9 Å². The number of thiazole rings is 1. The summed E-state index contributed by atoms with van der Waals surface area (Å²) in [5.74, 6) is 0.656. The van der Waals surface area contributed by atoms with E-state index in [4.69, 9.17) is 0 Å². The second-order valence-corrected chi connectivity index (χ2v) is 6.81. The van der Waals surface area contributed by atoms with Gasteiger partial charge in [0.15, 0.2) is 0 Å². The van der Waals surface area contributed by atoms with E-state index in [0.717, 1.165) is 36.0 Å². The zero-order valence-electron chi connectivity index (χ0n) is 13.3. The van der Waals surface area contributed by atoms with Crippen molar-refractivity contribution in [1.29, 1.82) is 0 Å². The zero-order valence-corrected chi connectivity index (χ0v) is 14.1. The van der Waals surface area contributed by atoms with Crippen LogP contribution < -0.4 is 10.2 Å². The molecule has 4 nitrogen and oxygen atoms in total. The van der Waals surface area contributed by atoms with Crippen molar-refractivity contribution < 1.29 is 0 Å². The zero-order chi connectivity index (χ0) is 15.2. The van der Waals surface area contributed by atoms with Gasteiger partial charge in [-0.15, -0.1) is 11.3 Å². The van der Waals surface area contributed by atoms with E-state index >= 15 is 0 Å². The highest BCUT2D eigenvalue weighted by Crippen LogP contribution is 2.17. The Morgan fingerprint density at radius 2 is 2.14 bits per heavy atom. The van der Waals surface area contributed by atoms with Gasteiger partial charge in [-0.3, -0.25) is 4.98 Å². The number of rotatable bonds is 7. The van der Waals surface area contributed by atoms with Crippen LogP contribution in [0.5, 0.6) is 0 Å². The summed E-state index contributed by atoms with van der Waals surface area (Å²) in [6.45, 7) is 9.11. The van der Waals surface area contributed by atoms with E-state index in [-0.39, 0.29) is 0 Å². The van der Waals surface area contributed by atoms with Crippen LogP contribution in [0.4, 0.5) is 5.69 Å². The molecular weight excluding hydrogens is 280 g/mol. The second kappa shape index (κ2) is 7.52. The molecule has 2 aromatic rings. The maximum atomic E-state index is 4.52. The molecule has 114 valence electrons. The average molecular weight is 304 g/mol. The minimum atomic E-state index is 0.656. The van der Waals surface area contributed by atoms with E-state index < -0.39 is 0 Å². The van der Waals surface area contributed by atoms with Gasteiger partial charge in [-0.25, -0.2) is 4.98 Å². The average Bonchev–Trinajstić information content (AvgIpc) is 2.84. The molecule has 0 atom stereocenters. The number of anilines is 1. The predicted octanol–water partition coefficient (Wildman–Crippen LogP) is 3.23. The lowest BCUT2D eigenvalue weighted by Gasteiger charge is -2.18. The quantitative estimate of drug-likeness (QED) is 0.852. The van der Waals surface area contributed by atoms with Crippen molar-refractivity contribution in [3.05, 3.63) is 40.1 Å². The minimum absolute atomic E-state index is 0.656. The van der Waals surface area contributed by atoms with E-state index in [1.807, 2.05) is 19.2 Å². The van der Waals surface area contributed by atoms with E-state index in [2.05, 4.69) is 52.5 Å². The smallest absolute Gasteiger partial charge is 0.0898 e. The first-order chi connectivity index (χ1) is 10.0. The van der Waals surface area contributed by atoms with Crippen molar-refractivity contribution >= 4 is 17.0 Å². The maximum absolute atomic E-state index is 4.52. The number of pyridine rings is 1. The highest BCUT2D eigenvalue weighted by Gasteiger charge is 2.06. The number of nitrogens with zero attached hydrogens (tertiary/aromatic N) is 3. The number of aryl methyl sites for hydroxylation is 1. The van der Waals surface area contributed by atoms with Crippen LogP contribution in [0.3, 0.4) is 0 Å². The Kier molecular flexibility index (Phi) is 5.70. The van der Waals surface area contributed by atoms with Crippen LogP contribution in [-0.4, -0.2) is 23.6 Å². The van der Waals surface area contributed by atoms with Crippen molar-refractivity contribution in [2.75, 3.05) is 18.5 Å². The molecule has 0 saturated heterocycles. The van der Waals surface area contributed by atoms with Crippen molar-refractivity contribution in [2.45, 2.75) is 33.9 Å². The molecule has 21 heavy (non-hydrogen) atoms. The number of nitrogens with one attached hydrogen (secondary N) is 1. The topological polar surface area (TPSA) is 41.1 Å². The second-order valence-electron chi connectivity index (χ2n) is 5.74. The Hall–Kier alpha value is -1.46. The Balaban J connectivity index is 1.95. The van der Waals surface area contributed by atoms with Gasteiger partial charge < -0.3 is 10.2 Å². The molecule has 0 bridgehead atoms. The summed E-state index contributed by atoms with van der Waals surface area (Å²) in [4.78, 5) is 11.2. The Morgan fingerprint density at radius 1 is 1.33 bits per heavy atom. The van der Waals surface area contributed by atoms with Crippen molar-refractivity contribution in [1.82, 2.24) is 15.3 Å². The fourth-order valence-electron chi connectivity index (χ4n) is 2.10. The molecule has 0 aliphatic heterocycles. The predicted molar refractivity (Wildman–Crippen MR) is 89.7 cm³/mol. The van der Waals surface area contributed by atoms with Gasteiger partial charge in [-0.1, -0.05) is 13.8 Å². The molecule has 5 heteroatoms. The molecule has 1 N–H and O–H groups in total. The molecule has 2 heterocycles. The van der Waals surface area contributed by atoms with Crippen LogP contribution in [0, 0.1) is 12.8 Å². The van der Waals surface area contributed by atoms with Gasteiger partial charge in [-0.2, -0.15) is 0 Å². The third-order valence-corrected chi connectivity index (χ3v) is 3.99. The molecule has 2 aromatic heterocycles. The van der Waals surface area contributed by atoms with Crippen LogP contribution in [0.15, 0.2) is 23.7 Å². The Labute approximate surface area is 131 Å². The SMILES string of the molecule is Cc1nc(CN(C)c2ccnc(CNCC(C)C)c2)cs1. The lowest BCUT2D eigenvalue weighted by Crippen LogP contribution is -2.20. The van der Waals surface area contributed by atoms with Gasteiger partial charge in [-0.05, 0) is 31.5 Å². The van der Waals surface area contributed by atoms with Crippen molar-refractivity contribution in [3.8, 4) is 0 Å². The van der Waals surface area contributed by atoms with Crippen LogP contribution in [0.2, 0.25) is 0 Å². The summed E-state index contributed by atoms with van der Waals surface area (Å²) >= 11 is 1.70. The first-order valence-electron chi connectivity index (χ1n) is 7.32. The summed E-state index contributed by atoms with van der Waals surface area (Å²) in [5, 5.41) is 6.67. The number of aromatic nitrogens is 2. The molecule has 0 aliphatic carbocycles. The van der Waals surface area contributed by atoms with E-state index in [1.165, 1.54) is 5.69 Å². The monoisotopic (exact) mass is 304 g/mol. The molecule has 0 spiro atoms. The molecule has 0 aromatic carbocycles. The van der Waals surface area contributed by atoms with Crippen LogP contribution in [0.1, 0.15) is 30.2 Å². The van der Waals surface area contributed by atoms with Gasteiger partial charge in [0.25, 0.3) is 0 Å². The van der Waals surface area contributed by atoms with Gasteiger partial charge in [0.2, 0.25) is 0 Å². The summed E-state index contributed by atoms with van der Waals surface area (Å²) in [5.41, 5.74) is 3.38. The molecule has 0 fully saturated rings.